The van der Waals surface area contributed by atoms with Crippen molar-refractivity contribution in [2.75, 3.05) is 6.54 Å². The molecule has 1 aromatic heterocycles. The van der Waals surface area contributed by atoms with Crippen LogP contribution in [0.2, 0.25) is 0 Å². The topological polar surface area (TPSA) is 34.0 Å². The van der Waals surface area contributed by atoms with Crippen molar-refractivity contribution < 1.29 is 4.79 Å². The third-order valence-corrected chi connectivity index (χ3v) is 3.53. The molecule has 0 radical (unpaired) electrons. The van der Waals surface area contributed by atoms with Crippen molar-refractivity contribution in [2.45, 2.75) is 26.3 Å². The molecule has 3 heteroatoms. The van der Waals surface area contributed by atoms with Crippen molar-refractivity contribution in [3.8, 4) is 0 Å². The van der Waals surface area contributed by atoms with Gasteiger partial charge in [0.25, 0.3) is 0 Å². The van der Waals surface area contributed by atoms with Crippen LogP contribution < -0.4 is 5.32 Å². The minimum absolute atomic E-state index is 0.111. The maximum atomic E-state index is 11.8. The van der Waals surface area contributed by atoms with Gasteiger partial charge in [0.1, 0.15) is 6.54 Å². The summed E-state index contributed by atoms with van der Waals surface area (Å²) in [5.41, 5.74) is 2.38. The maximum Gasteiger partial charge on any atom is 0.239 e. The molecule has 0 bridgehead atoms. The lowest BCUT2D eigenvalue weighted by molar-refractivity contribution is -0.121. The zero-order valence-corrected chi connectivity index (χ0v) is 10.6. The molecule has 0 aliphatic heterocycles. The van der Waals surface area contributed by atoms with Gasteiger partial charge in [-0.2, -0.15) is 0 Å². The molecule has 0 spiro atoms. The fraction of sp³-hybridized carbons (Fsp3) is 0.400. The van der Waals surface area contributed by atoms with Crippen molar-refractivity contribution in [2.24, 2.45) is 5.92 Å². The number of benzene rings is 1. The maximum absolute atomic E-state index is 11.8. The van der Waals surface area contributed by atoms with Gasteiger partial charge >= 0.3 is 0 Å². The zero-order chi connectivity index (χ0) is 12.5. The summed E-state index contributed by atoms with van der Waals surface area (Å²) in [5, 5.41) is 4.20. The van der Waals surface area contributed by atoms with Crippen LogP contribution in [0.5, 0.6) is 0 Å². The molecular weight excluding hydrogens is 224 g/mol. The van der Waals surface area contributed by atoms with Crippen LogP contribution in [0.3, 0.4) is 0 Å². The van der Waals surface area contributed by atoms with E-state index < -0.39 is 0 Å². The summed E-state index contributed by atoms with van der Waals surface area (Å²) < 4.78 is 2.01. The minimum atomic E-state index is 0.111. The predicted octanol–water partition coefficient (Wildman–Crippen LogP) is 2.48. The standard InChI is InChI=1S/C15H18N2O/c1-11-2-5-14-13(8-11)6-7-17(14)10-15(18)16-9-12-3-4-12/h2,5-8,12H,3-4,9-10H2,1H3,(H,16,18). The number of carbonyl (C=O) groups is 1. The SMILES string of the molecule is Cc1ccc2c(ccn2CC(=O)NCC2CC2)c1. The van der Waals surface area contributed by atoms with E-state index in [-0.39, 0.29) is 5.91 Å². The molecular formula is C15H18N2O. The van der Waals surface area contributed by atoms with Gasteiger partial charge in [0.05, 0.1) is 0 Å². The lowest BCUT2D eigenvalue weighted by Crippen LogP contribution is -2.29. The summed E-state index contributed by atoms with van der Waals surface area (Å²) in [7, 11) is 0. The Labute approximate surface area is 107 Å². The second-order valence-corrected chi connectivity index (χ2v) is 5.25. The fourth-order valence-corrected chi connectivity index (χ4v) is 2.25. The van der Waals surface area contributed by atoms with Gasteiger partial charge in [0, 0.05) is 18.3 Å². The third-order valence-electron chi connectivity index (χ3n) is 3.53. The molecule has 1 aliphatic carbocycles. The first kappa shape index (κ1) is 11.3. The Morgan fingerprint density at radius 3 is 3.00 bits per heavy atom. The Morgan fingerprint density at radius 1 is 1.39 bits per heavy atom. The van der Waals surface area contributed by atoms with Gasteiger partial charge < -0.3 is 9.88 Å². The molecule has 1 N–H and O–H groups in total. The minimum Gasteiger partial charge on any atom is -0.354 e. The van der Waals surface area contributed by atoms with E-state index in [0.29, 0.717) is 6.54 Å². The first-order valence-electron chi connectivity index (χ1n) is 6.54. The molecule has 94 valence electrons. The quantitative estimate of drug-likeness (QED) is 0.878. The number of fused-ring (bicyclic) bond motifs is 1. The van der Waals surface area contributed by atoms with Crippen molar-refractivity contribution in [1.82, 2.24) is 9.88 Å². The van der Waals surface area contributed by atoms with Gasteiger partial charge in [-0.1, -0.05) is 11.6 Å². The smallest absolute Gasteiger partial charge is 0.239 e. The van der Waals surface area contributed by atoms with Crippen LogP contribution in [-0.2, 0) is 11.3 Å². The van der Waals surface area contributed by atoms with E-state index in [1.807, 2.05) is 10.8 Å². The molecule has 1 saturated carbocycles. The first-order chi connectivity index (χ1) is 8.72. The largest absolute Gasteiger partial charge is 0.354 e. The highest BCUT2D eigenvalue weighted by molar-refractivity contribution is 5.83. The van der Waals surface area contributed by atoms with E-state index in [2.05, 4.69) is 36.5 Å². The molecule has 0 saturated heterocycles. The molecule has 18 heavy (non-hydrogen) atoms. The number of nitrogens with zero attached hydrogens (tertiary/aromatic N) is 1. The Balaban J connectivity index is 1.71. The number of hydrogen-bond acceptors (Lipinski definition) is 1. The predicted molar refractivity (Wildman–Crippen MR) is 72.4 cm³/mol. The second-order valence-electron chi connectivity index (χ2n) is 5.25. The molecule has 1 fully saturated rings. The lowest BCUT2D eigenvalue weighted by atomic mass is 10.2. The Hall–Kier alpha value is -1.77. The number of carbonyl (C=O) groups excluding carboxylic acids is 1. The van der Waals surface area contributed by atoms with E-state index in [1.165, 1.54) is 23.8 Å². The molecule has 2 aromatic rings. The number of nitrogens with one attached hydrogen (secondary N) is 1. The zero-order valence-electron chi connectivity index (χ0n) is 10.6. The summed E-state index contributed by atoms with van der Waals surface area (Å²) >= 11 is 0. The van der Waals surface area contributed by atoms with Crippen LogP contribution in [0.25, 0.3) is 10.9 Å². The van der Waals surface area contributed by atoms with Gasteiger partial charge in [-0.25, -0.2) is 0 Å². The van der Waals surface area contributed by atoms with E-state index in [1.54, 1.807) is 0 Å². The molecule has 3 nitrogen and oxygen atoms in total. The van der Waals surface area contributed by atoms with Crippen LogP contribution in [0.1, 0.15) is 18.4 Å². The van der Waals surface area contributed by atoms with Crippen molar-refractivity contribution >= 4 is 16.8 Å². The second kappa shape index (κ2) is 4.48. The molecule has 1 heterocycles. The van der Waals surface area contributed by atoms with Gasteiger partial charge in [0.15, 0.2) is 0 Å². The van der Waals surface area contributed by atoms with E-state index in [9.17, 15) is 4.79 Å². The monoisotopic (exact) mass is 242 g/mol. The van der Waals surface area contributed by atoms with Crippen LogP contribution in [0.15, 0.2) is 30.5 Å². The summed E-state index contributed by atoms with van der Waals surface area (Å²) in [5.74, 6) is 0.845. The van der Waals surface area contributed by atoms with Crippen LogP contribution in [-0.4, -0.2) is 17.0 Å². The highest BCUT2D eigenvalue weighted by Gasteiger charge is 2.21. The van der Waals surface area contributed by atoms with Gasteiger partial charge in [-0.3, -0.25) is 4.79 Å². The van der Waals surface area contributed by atoms with E-state index in [0.717, 1.165) is 18.0 Å². The highest BCUT2D eigenvalue weighted by Crippen LogP contribution is 2.27. The Kier molecular flexibility index (Phi) is 2.82. The number of hydrogen-bond donors (Lipinski definition) is 1. The Bertz CT molecular complexity index is 581. The van der Waals surface area contributed by atoms with E-state index in [4.69, 9.17) is 0 Å². The number of aryl methyl sites for hydroxylation is 1. The number of rotatable bonds is 4. The number of aromatic nitrogens is 1. The Morgan fingerprint density at radius 2 is 2.22 bits per heavy atom. The molecule has 0 unspecified atom stereocenters. The van der Waals surface area contributed by atoms with Crippen molar-refractivity contribution in [3.63, 3.8) is 0 Å². The molecule has 3 rings (SSSR count). The summed E-state index contributed by atoms with van der Waals surface area (Å²) in [6.07, 6.45) is 4.53. The first-order valence-corrected chi connectivity index (χ1v) is 6.54. The van der Waals surface area contributed by atoms with Crippen LogP contribution in [0.4, 0.5) is 0 Å². The lowest BCUT2D eigenvalue weighted by Gasteiger charge is -2.07. The van der Waals surface area contributed by atoms with Crippen molar-refractivity contribution in [1.29, 1.82) is 0 Å². The number of amides is 1. The highest BCUT2D eigenvalue weighted by atomic mass is 16.1. The van der Waals surface area contributed by atoms with Gasteiger partial charge in [0.2, 0.25) is 5.91 Å². The molecule has 1 aromatic carbocycles. The normalized spacial score (nSPS) is 14.9. The summed E-state index contributed by atoms with van der Waals surface area (Å²) in [6, 6.07) is 8.38. The molecule has 1 amide bonds. The summed E-state index contributed by atoms with van der Waals surface area (Å²) in [4.78, 5) is 11.8. The van der Waals surface area contributed by atoms with Crippen LogP contribution in [0, 0.1) is 12.8 Å². The van der Waals surface area contributed by atoms with Crippen LogP contribution >= 0.6 is 0 Å². The summed E-state index contributed by atoms with van der Waals surface area (Å²) in [6.45, 7) is 3.34. The van der Waals surface area contributed by atoms with Crippen molar-refractivity contribution in [3.05, 3.63) is 36.0 Å². The van der Waals surface area contributed by atoms with Gasteiger partial charge in [-0.05, 0) is 49.3 Å². The fourth-order valence-electron chi connectivity index (χ4n) is 2.25. The molecule has 0 atom stereocenters. The third kappa shape index (κ3) is 2.40. The molecule has 1 aliphatic rings. The van der Waals surface area contributed by atoms with Gasteiger partial charge in [-0.15, -0.1) is 0 Å². The van der Waals surface area contributed by atoms with E-state index >= 15 is 0 Å². The average molecular weight is 242 g/mol. The average Bonchev–Trinajstić information content (AvgIpc) is 3.10.